The van der Waals surface area contributed by atoms with Gasteiger partial charge < -0.3 is 0 Å². The molecule has 5 heteroatoms. The Labute approximate surface area is 157 Å². The monoisotopic (exact) mass is 358 g/mol. The molecule has 0 saturated heterocycles. The fourth-order valence-corrected chi connectivity index (χ4v) is 3.21. The molecule has 0 aliphatic rings. The van der Waals surface area contributed by atoms with Gasteiger partial charge in [-0.05, 0) is 29.3 Å². The lowest BCUT2D eigenvalue weighted by atomic mass is 10.1. The largest absolute Gasteiger partial charge is 0.290 e. The van der Waals surface area contributed by atoms with E-state index < -0.39 is 0 Å². The van der Waals surface area contributed by atoms with Crippen molar-refractivity contribution in [3.8, 4) is 0 Å². The highest BCUT2D eigenvalue weighted by Crippen LogP contribution is 2.20. The van der Waals surface area contributed by atoms with Gasteiger partial charge in [0.1, 0.15) is 5.82 Å². The molecule has 2 heterocycles. The highest BCUT2D eigenvalue weighted by molar-refractivity contribution is 5.77. The summed E-state index contributed by atoms with van der Waals surface area (Å²) in [6.45, 7) is 1.80. The molecule has 4 nitrogen and oxygen atoms in total. The Morgan fingerprint density at radius 2 is 1.56 bits per heavy atom. The van der Waals surface area contributed by atoms with Crippen molar-refractivity contribution in [1.29, 1.82) is 0 Å². The summed E-state index contributed by atoms with van der Waals surface area (Å²) in [5, 5.41) is 0. The van der Waals surface area contributed by atoms with E-state index in [-0.39, 0.29) is 5.82 Å². The number of aromatic nitrogens is 3. The smallest absolute Gasteiger partial charge is 0.127 e. The lowest BCUT2D eigenvalue weighted by Crippen LogP contribution is -2.23. The molecule has 4 rings (SSSR count). The highest BCUT2D eigenvalue weighted by Gasteiger charge is 2.13. The summed E-state index contributed by atoms with van der Waals surface area (Å²) in [7, 11) is 0. The van der Waals surface area contributed by atoms with E-state index in [1.54, 1.807) is 24.7 Å². The van der Waals surface area contributed by atoms with E-state index in [0.29, 0.717) is 25.2 Å². The number of rotatable bonds is 6. The standard InChI is InChI=1S/C22H19FN4/c23-20-8-2-1-6-18(20)15-27(14-17-5-4-10-24-13-17)16-19-7-3-9-21-22(19)26-12-11-25-21/h1-13H,14-16H2. The fourth-order valence-electron chi connectivity index (χ4n) is 3.21. The second-order valence-electron chi connectivity index (χ2n) is 6.44. The van der Waals surface area contributed by atoms with Gasteiger partial charge in [-0.2, -0.15) is 0 Å². The first-order valence-electron chi connectivity index (χ1n) is 8.83. The van der Waals surface area contributed by atoms with Crippen LogP contribution in [0.2, 0.25) is 0 Å². The van der Waals surface area contributed by atoms with Gasteiger partial charge in [-0.15, -0.1) is 0 Å². The zero-order valence-corrected chi connectivity index (χ0v) is 14.8. The van der Waals surface area contributed by atoms with E-state index in [9.17, 15) is 4.39 Å². The molecule has 0 spiro atoms. The van der Waals surface area contributed by atoms with Crippen molar-refractivity contribution < 1.29 is 4.39 Å². The number of benzene rings is 2. The summed E-state index contributed by atoms with van der Waals surface area (Å²) < 4.78 is 14.2. The van der Waals surface area contributed by atoms with Crippen molar-refractivity contribution in [2.24, 2.45) is 0 Å². The molecule has 2 aromatic heterocycles. The van der Waals surface area contributed by atoms with E-state index in [1.807, 2.05) is 42.6 Å². The zero-order valence-electron chi connectivity index (χ0n) is 14.8. The van der Waals surface area contributed by atoms with Crippen LogP contribution < -0.4 is 0 Å². The Balaban J connectivity index is 1.65. The average Bonchev–Trinajstić information content (AvgIpc) is 2.71. The van der Waals surface area contributed by atoms with Crippen molar-refractivity contribution in [2.75, 3.05) is 0 Å². The summed E-state index contributed by atoms with van der Waals surface area (Å²) in [5.41, 5.74) is 4.57. The van der Waals surface area contributed by atoms with Gasteiger partial charge in [-0.3, -0.25) is 19.9 Å². The third-order valence-electron chi connectivity index (χ3n) is 4.46. The Morgan fingerprint density at radius 1 is 0.741 bits per heavy atom. The van der Waals surface area contributed by atoms with Gasteiger partial charge in [0.15, 0.2) is 0 Å². The van der Waals surface area contributed by atoms with Gasteiger partial charge >= 0.3 is 0 Å². The lowest BCUT2D eigenvalue weighted by Gasteiger charge is -2.23. The molecule has 0 aliphatic carbocycles. The van der Waals surface area contributed by atoms with E-state index in [0.717, 1.165) is 22.2 Å². The molecule has 27 heavy (non-hydrogen) atoms. The number of fused-ring (bicyclic) bond motifs is 1. The second-order valence-corrected chi connectivity index (χ2v) is 6.44. The molecule has 134 valence electrons. The minimum atomic E-state index is -0.189. The van der Waals surface area contributed by atoms with Crippen molar-refractivity contribution in [1.82, 2.24) is 19.9 Å². The molecular weight excluding hydrogens is 339 g/mol. The van der Waals surface area contributed by atoms with Crippen LogP contribution in [0.4, 0.5) is 4.39 Å². The Bertz CT molecular complexity index is 1030. The quantitative estimate of drug-likeness (QED) is 0.513. The molecule has 0 saturated carbocycles. The fraction of sp³-hybridized carbons (Fsp3) is 0.136. The predicted molar refractivity (Wildman–Crippen MR) is 103 cm³/mol. The van der Waals surface area contributed by atoms with E-state index in [2.05, 4.69) is 25.9 Å². The van der Waals surface area contributed by atoms with Crippen molar-refractivity contribution >= 4 is 11.0 Å². The Morgan fingerprint density at radius 3 is 2.41 bits per heavy atom. The molecule has 0 radical (unpaired) electrons. The van der Waals surface area contributed by atoms with Crippen molar-refractivity contribution in [2.45, 2.75) is 19.6 Å². The molecule has 0 fully saturated rings. The molecule has 0 N–H and O–H groups in total. The Kier molecular flexibility index (Phi) is 5.12. The van der Waals surface area contributed by atoms with E-state index in [4.69, 9.17) is 0 Å². The minimum absolute atomic E-state index is 0.189. The molecule has 2 aromatic carbocycles. The van der Waals surface area contributed by atoms with Gasteiger partial charge in [0.2, 0.25) is 0 Å². The third-order valence-corrected chi connectivity index (χ3v) is 4.46. The number of nitrogens with zero attached hydrogens (tertiary/aromatic N) is 4. The molecule has 0 bridgehead atoms. The number of para-hydroxylation sites is 1. The topological polar surface area (TPSA) is 41.9 Å². The first kappa shape index (κ1) is 17.2. The third kappa shape index (κ3) is 4.15. The molecular formula is C22H19FN4. The second kappa shape index (κ2) is 8.01. The minimum Gasteiger partial charge on any atom is -0.290 e. The van der Waals surface area contributed by atoms with E-state index >= 15 is 0 Å². The highest BCUT2D eigenvalue weighted by atomic mass is 19.1. The van der Waals surface area contributed by atoms with Crippen LogP contribution in [0.1, 0.15) is 16.7 Å². The van der Waals surface area contributed by atoms with Crippen LogP contribution in [0.15, 0.2) is 79.4 Å². The maximum atomic E-state index is 14.2. The first-order valence-corrected chi connectivity index (χ1v) is 8.83. The van der Waals surface area contributed by atoms with Crippen LogP contribution in [0, 0.1) is 5.82 Å². The number of hydrogen-bond acceptors (Lipinski definition) is 4. The molecule has 4 aromatic rings. The van der Waals surface area contributed by atoms with Gasteiger partial charge in [-0.25, -0.2) is 4.39 Å². The van der Waals surface area contributed by atoms with Crippen molar-refractivity contribution in [3.63, 3.8) is 0 Å². The van der Waals surface area contributed by atoms with Crippen LogP contribution in [-0.4, -0.2) is 19.9 Å². The van der Waals surface area contributed by atoms with Gasteiger partial charge in [0.05, 0.1) is 11.0 Å². The average molecular weight is 358 g/mol. The summed E-state index contributed by atoms with van der Waals surface area (Å²) >= 11 is 0. The van der Waals surface area contributed by atoms with Gasteiger partial charge in [0.25, 0.3) is 0 Å². The predicted octanol–water partition coefficient (Wildman–Crippen LogP) is 4.37. The van der Waals surface area contributed by atoms with Crippen LogP contribution in [-0.2, 0) is 19.6 Å². The SMILES string of the molecule is Fc1ccccc1CN(Cc1cccnc1)Cc1cccc2nccnc12. The van der Waals surface area contributed by atoms with Crippen LogP contribution in [0.3, 0.4) is 0 Å². The first-order chi connectivity index (χ1) is 13.3. The van der Waals surface area contributed by atoms with Gasteiger partial charge in [-0.1, -0.05) is 36.4 Å². The van der Waals surface area contributed by atoms with E-state index in [1.165, 1.54) is 6.07 Å². The normalized spacial score (nSPS) is 11.2. The lowest BCUT2D eigenvalue weighted by molar-refractivity contribution is 0.244. The summed E-state index contributed by atoms with van der Waals surface area (Å²) in [6.07, 6.45) is 7.00. The molecule has 0 amide bonds. The summed E-state index contributed by atoms with van der Waals surface area (Å²) in [4.78, 5) is 15.3. The van der Waals surface area contributed by atoms with Gasteiger partial charge in [0, 0.05) is 50.0 Å². The molecule has 0 unspecified atom stereocenters. The maximum absolute atomic E-state index is 14.2. The molecule has 0 atom stereocenters. The Hall–Kier alpha value is -3.18. The number of halogens is 1. The zero-order chi connectivity index (χ0) is 18.5. The summed E-state index contributed by atoms with van der Waals surface area (Å²) in [5.74, 6) is -0.189. The number of hydrogen-bond donors (Lipinski definition) is 0. The van der Waals surface area contributed by atoms with Crippen molar-refractivity contribution in [3.05, 3.63) is 102 Å². The molecule has 0 aliphatic heterocycles. The summed E-state index contributed by atoms with van der Waals surface area (Å²) in [6, 6.07) is 16.8. The van der Waals surface area contributed by atoms with Crippen LogP contribution >= 0.6 is 0 Å². The van der Waals surface area contributed by atoms with Crippen LogP contribution in [0.25, 0.3) is 11.0 Å². The maximum Gasteiger partial charge on any atom is 0.127 e. The number of pyridine rings is 1. The van der Waals surface area contributed by atoms with Crippen LogP contribution in [0.5, 0.6) is 0 Å².